The maximum atomic E-state index is 15.8. The van der Waals surface area contributed by atoms with Crippen molar-refractivity contribution in [2.24, 2.45) is 51.8 Å². The van der Waals surface area contributed by atoms with Gasteiger partial charge in [0.15, 0.2) is 17.1 Å². The number of halogens is 6. The predicted molar refractivity (Wildman–Crippen MR) is 448 cm³/mol. The van der Waals surface area contributed by atoms with Gasteiger partial charge >= 0.3 is 18.3 Å². The van der Waals surface area contributed by atoms with Crippen molar-refractivity contribution in [3.8, 4) is 35.8 Å². The molecule has 3 aromatic heterocycles. The topological polar surface area (TPSA) is 404 Å². The molecule has 131 heavy (non-hydrogen) atoms. The first-order valence-electron chi connectivity index (χ1n) is 43.6. The Bertz CT molecular complexity index is 5440. The van der Waals surface area contributed by atoms with Crippen LogP contribution in [0.4, 0.5) is 40.7 Å². The van der Waals surface area contributed by atoms with E-state index in [0.29, 0.717) is 64.2 Å². The van der Waals surface area contributed by atoms with Crippen LogP contribution in [0.25, 0.3) is 33.1 Å². The number of carbonyl (C=O) groups is 6. The van der Waals surface area contributed by atoms with Gasteiger partial charge in [0.2, 0.25) is 35.4 Å². The molecular formula is C92H106F6N15O15V3-3. The van der Waals surface area contributed by atoms with Crippen LogP contribution in [0.1, 0.15) is 227 Å². The van der Waals surface area contributed by atoms with Crippen LogP contribution in [0.15, 0.2) is 54.6 Å². The molecule has 6 aromatic rings. The van der Waals surface area contributed by atoms with Crippen molar-refractivity contribution in [1.29, 1.82) is 15.8 Å². The Balaban J connectivity index is 0.000000202. The number of aromatic nitrogens is 6. The number of hydrogen-bond donors (Lipinski definition) is 3. The van der Waals surface area contributed by atoms with Crippen LogP contribution in [0.3, 0.4) is 0 Å². The van der Waals surface area contributed by atoms with E-state index in [4.69, 9.17) is 28.4 Å². The van der Waals surface area contributed by atoms with E-state index in [2.05, 4.69) is 45.9 Å². The van der Waals surface area contributed by atoms with E-state index in [0.717, 1.165) is 0 Å². The van der Waals surface area contributed by atoms with Gasteiger partial charge in [-0.05, 0) is 165 Å². The van der Waals surface area contributed by atoms with Crippen LogP contribution >= 0.6 is 0 Å². The summed E-state index contributed by atoms with van der Waals surface area (Å²) in [5.74, 6) is -14.7. The third kappa shape index (κ3) is 23.1. The summed E-state index contributed by atoms with van der Waals surface area (Å²) in [4.78, 5) is 147. The van der Waals surface area contributed by atoms with E-state index < -0.39 is 202 Å². The minimum Gasteiger partial charge on any atom is -0.540 e. The second kappa shape index (κ2) is 40.9. The molecule has 6 fully saturated rings. The quantitative estimate of drug-likeness (QED) is 0.0838. The van der Waals surface area contributed by atoms with E-state index >= 15 is 26.3 Å². The number of benzene rings is 3. The molecule has 3 saturated heterocycles. The first-order chi connectivity index (χ1) is 60.3. The zero-order valence-electron chi connectivity index (χ0n) is 75.0. The second-order valence-electron chi connectivity index (χ2n) is 38.7. The normalized spacial score (nSPS) is 29.6. The van der Waals surface area contributed by atoms with Gasteiger partial charge in [-0.25, -0.2) is 63.1 Å². The maximum absolute atomic E-state index is 15.8. The van der Waals surface area contributed by atoms with Gasteiger partial charge in [-0.1, -0.05) is 127 Å². The second-order valence-corrected chi connectivity index (χ2v) is 38.7. The molecule has 0 spiro atoms. The molecule has 18 atom stereocenters. The molecule has 3 aromatic carbocycles. The van der Waals surface area contributed by atoms with Crippen LogP contribution in [0.2, 0.25) is 0 Å². The largest absolute Gasteiger partial charge is 0.540 e. The SMILES string of the molecule is CC[C@@H]1[C@@H]2CN(C(=O)[C@H](C(C)(C)C)NC(=O)O[C@@H]3C[C@H]3CCCCC(F)(F)c3nc4ccc(C#N)cc4nc3O2)[C@@H]1[C-]=O.C[C@@H]1[C@@H]2CN(C(=O)[C@H](C(C)(C)C)NC(=O)O[C@@H]3C[C@H]3CCCCC(F)(F)c3nc4ccc(C#N)cc4nc3O2)[C@@H]1[C-]=O.C[C@@H]1[C@@H]2CN(C(=O)[C@H](C(C)(C)C)NC(=O)O[C@]3(C)C[C@H]3CCCCC(F)(F)c3nc4ccc(C#N)cc4nc3O2)[C@@H]1[C-]=O.[V].[V].[V]. The molecule has 6 aliphatic heterocycles. The first-order valence-corrected chi connectivity index (χ1v) is 43.6. The predicted octanol–water partition coefficient (Wildman–Crippen LogP) is 14.0. The summed E-state index contributed by atoms with van der Waals surface area (Å²) in [6.07, 6.45) is 4.79. The fraction of sp³-hybridized carbons (Fsp3) is 0.609. The summed E-state index contributed by atoms with van der Waals surface area (Å²) in [5, 5.41) is 36.1. The Morgan fingerprint density at radius 2 is 0.763 bits per heavy atom. The van der Waals surface area contributed by atoms with Gasteiger partial charge in [0.25, 0.3) is 17.8 Å². The molecular weight excluding hydrogens is 1820 g/mol. The number of alkyl halides is 6. The minimum absolute atomic E-state index is 0. The van der Waals surface area contributed by atoms with Crippen LogP contribution in [-0.2, 0) is 116 Å². The Hall–Kier alpha value is -9.89. The number of ether oxygens (including phenoxy) is 6. The number of nitriles is 3. The zero-order chi connectivity index (χ0) is 92.8. The van der Waals surface area contributed by atoms with Crippen molar-refractivity contribution in [2.45, 2.75) is 283 Å². The molecule has 9 heterocycles. The summed E-state index contributed by atoms with van der Waals surface area (Å²) < 4.78 is 130. The van der Waals surface area contributed by atoms with E-state index in [9.17, 15) is 58.9 Å². The Kier molecular flexibility index (Phi) is 32.2. The van der Waals surface area contributed by atoms with Crippen LogP contribution in [-0.4, -0.2) is 191 Å². The van der Waals surface area contributed by atoms with Gasteiger partial charge in [0, 0.05) is 80.8 Å². The average Bonchev–Trinajstić information content (AvgIpc) is 1.66. The number of hydrogen-bond acceptors (Lipinski definition) is 24. The number of nitrogens with zero attached hydrogens (tertiary/aromatic N) is 12. The smallest absolute Gasteiger partial charge is 0.408 e. The molecule has 3 aliphatic carbocycles. The third-order valence-corrected chi connectivity index (χ3v) is 25.9. The van der Waals surface area contributed by atoms with E-state index in [1.54, 1.807) is 90.0 Å². The monoisotopic (exact) mass is 1930 g/mol. The summed E-state index contributed by atoms with van der Waals surface area (Å²) >= 11 is 0. The van der Waals surface area contributed by atoms with E-state index in [1.165, 1.54) is 69.3 Å². The van der Waals surface area contributed by atoms with E-state index in [-0.39, 0.29) is 174 Å². The average molecular weight is 1930 g/mol. The molecule has 30 nitrogen and oxygen atoms in total. The molecule has 15 rings (SSSR count). The Morgan fingerprint density at radius 3 is 1.09 bits per heavy atom. The van der Waals surface area contributed by atoms with Crippen LogP contribution < -0.4 is 30.2 Å². The molecule has 39 heteroatoms. The van der Waals surface area contributed by atoms with Crippen LogP contribution in [0.5, 0.6) is 17.6 Å². The minimum atomic E-state index is -3.40. The molecule has 6 amide bonds. The first kappa shape index (κ1) is 103. The molecule has 0 unspecified atom stereocenters. The molecule has 3 radical (unpaired) electrons. The summed E-state index contributed by atoms with van der Waals surface area (Å²) in [6, 6.07) is 12.9. The Labute approximate surface area is 791 Å². The Morgan fingerprint density at radius 1 is 0.443 bits per heavy atom. The zero-order valence-corrected chi connectivity index (χ0v) is 79.2. The van der Waals surface area contributed by atoms with Crippen molar-refractivity contribution in [3.63, 3.8) is 0 Å². The number of fused-ring (bicyclic) bond motifs is 15. The molecule has 699 valence electrons. The number of rotatable bonds is 4. The standard InChI is InChI=1S/2C31H36F2N5O5.C30H34F2N5O5.3V/c1-17-22(16-39)38-15-23(17)42-26-24(35-20-10-9-18(14-34)12-21(20)36-26)31(32,33)11-7-6-8-19-13-30(19,5)43-28(41)37-25(27(38)40)29(2,3)4;1-5-19-22(16-39)38-15-24(19)42-27-25(35-20-10-9-17(14-34)12-21(20)36-27)31(32,33)11-7-6-8-18-13-23(18)43-29(41)37-26(28(38)40)30(2,3)4;1-16-21(15-38)37-14-23(16)41-26-24(34-19-9-8-17(13-33)11-20(19)35-26)30(31,32)10-6-5-7-18-12-22(18)42-28(40)36-25(27(37)39)29(2,3)4;;;/h9-10,12,17,19,22-23,25H,6-8,11,13,15H2,1-5H3,(H,37,41);9-10,12,18-19,22-24,26H,5-8,11,13,15H2,1-4H3,(H,37,41);8-9,11,16,18,21-23,25H,5-7,10,12,14H2,1-4H3,(H,36,40);;;/q3*-1;;;/t17-,19+,22+,23-,25+,30+;18-,19+,22-,23-,24+,26-;16-,18+,21+,22+,23-,25+;;;/m010.../s1. The van der Waals surface area contributed by atoms with Crippen molar-refractivity contribution in [2.75, 3.05) is 19.6 Å². The third-order valence-electron chi connectivity index (χ3n) is 25.9. The fourth-order valence-corrected chi connectivity index (χ4v) is 17.9. The van der Waals surface area contributed by atoms with Gasteiger partial charge < -0.3 is 73.5 Å². The van der Waals surface area contributed by atoms with E-state index in [1.807, 2.05) is 37.1 Å². The number of amides is 6. The number of carbonyl (C=O) groups excluding carboxylic acids is 9. The molecule has 3 N–H and O–H groups in total. The summed E-state index contributed by atoms with van der Waals surface area (Å²) in [7, 11) is 0. The van der Waals surface area contributed by atoms with Crippen LogP contribution in [0, 0.1) is 85.7 Å². The van der Waals surface area contributed by atoms with Crippen molar-refractivity contribution in [1.82, 2.24) is 60.6 Å². The number of nitrogens with one attached hydrogen (secondary N) is 3. The van der Waals surface area contributed by atoms with Crippen molar-refractivity contribution >= 4 is 88.0 Å². The number of alkyl carbamates (subject to hydrolysis) is 3. The van der Waals surface area contributed by atoms with Gasteiger partial charge in [-0.15, -0.1) is 0 Å². The van der Waals surface area contributed by atoms with Crippen molar-refractivity contribution < 1.29 is 154 Å². The molecule has 9 aliphatic rings. The fourth-order valence-electron chi connectivity index (χ4n) is 17.9. The molecule has 3 saturated carbocycles. The van der Waals surface area contributed by atoms with Crippen molar-refractivity contribution in [3.05, 3.63) is 88.4 Å². The van der Waals surface area contributed by atoms with Gasteiger partial charge in [-0.2, -0.15) is 42.1 Å². The van der Waals surface area contributed by atoms with Gasteiger partial charge in [-0.3, -0.25) is 14.4 Å². The van der Waals surface area contributed by atoms with Gasteiger partial charge in [0.1, 0.15) is 54.2 Å². The summed E-state index contributed by atoms with van der Waals surface area (Å²) in [5.41, 5.74) is -2.83. The molecule has 6 bridgehead atoms. The summed E-state index contributed by atoms with van der Waals surface area (Å²) in [6.45, 7) is 22.6. The van der Waals surface area contributed by atoms with Gasteiger partial charge in [0.05, 0.1) is 87.6 Å². The maximum Gasteiger partial charge on any atom is 0.408 e.